The second-order valence-electron chi connectivity index (χ2n) is 4.64. The van der Waals surface area contributed by atoms with E-state index in [9.17, 15) is 4.79 Å². The second-order valence-corrected chi connectivity index (χ2v) is 4.64. The molecule has 6 nitrogen and oxygen atoms in total. The first-order valence-electron chi connectivity index (χ1n) is 6.61. The van der Waals surface area contributed by atoms with Gasteiger partial charge in [0.15, 0.2) is 0 Å². The van der Waals surface area contributed by atoms with Crippen LogP contribution in [-0.4, -0.2) is 27.2 Å². The molecule has 0 fully saturated rings. The zero-order valence-corrected chi connectivity index (χ0v) is 12.0. The zero-order chi connectivity index (χ0) is 14.5. The Labute approximate surface area is 118 Å². The summed E-state index contributed by atoms with van der Waals surface area (Å²) < 4.78 is 1.52. The van der Waals surface area contributed by atoms with Gasteiger partial charge in [0.2, 0.25) is 5.95 Å². The van der Waals surface area contributed by atoms with Crippen molar-refractivity contribution in [1.29, 1.82) is 0 Å². The van der Waals surface area contributed by atoms with E-state index in [1.807, 2.05) is 25.1 Å². The lowest BCUT2D eigenvalue weighted by molar-refractivity contribution is 0.102. The number of anilines is 2. The number of carbonyl (C=O) groups is 1. The van der Waals surface area contributed by atoms with Crippen molar-refractivity contribution < 1.29 is 4.79 Å². The van der Waals surface area contributed by atoms with Crippen molar-refractivity contribution in [2.45, 2.75) is 20.3 Å². The Morgan fingerprint density at radius 1 is 1.40 bits per heavy atom. The molecule has 0 aliphatic carbocycles. The van der Waals surface area contributed by atoms with Crippen molar-refractivity contribution >= 4 is 17.5 Å². The van der Waals surface area contributed by atoms with Crippen LogP contribution in [-0.2, 0) is 7.05 Å². The van der Waals surface area contributed by atoms with Gasteiger partial charge in [-0.15, -0.1) is 0 Å². The molecule has 2 aromatic rings. The topological polar surface area (TPSA) is 71.8 Å². The SMILES string of the molecule is CCCNc1ccc(C)cc1C(=O)Nc1ncnn1C. The first-order valence-corrected chi connectivity index (χ1v) is 6.61. The first kappa shape index (κ1) is 14.0. The normalized spacial score (nSPS) is 10.3. The maximum atomic E-state index is 12.4. The highest BCUT2D eigenvalue weighted by Gasteiger charge is 2.13. The molecule has 0 spiro atoms. The average molecular weight is 273 g/mol. The van der Waals surface area contributed by atoms with Crippen molar-refractivity contribution in [3.8, 4) is 0 Å². The van der Waals surface area contributed by atoms with Gasteiger partial charge in [0.1, 0.15) is 6.33 Å². The third-order valence-electron chi connectivity index (χ3n) is 2.92. The summed E-state index contributed by atoms with van der Waals surface area (Å²) in [6, 6.07) is 5.78. The van der Waals surface area contributed by atoms with E-state index in [-0.39, 0.29) is 5.91 Å². The predicted octanol–water partition coefficient (Wildman–Crippen LogP) is 2.20. The summed E-state index contributed by atoms with van der Waals surface area (Å²) in [4.78, 5) is 16.4. The number of benzene rings is 1. The fraction of sp³-hybridized carbons (Fsp3) is 0.357. The molecule has 0 bridgehead atoms. The molecule has 2 N–H and O–H groups in total. The summed E-state index contributed by atoms with van der Waals surface area (Å²) in [5.74, 6) is 0.237. The number of aryl methyl sites for hydroxylation is 2. The van der Waals surface area contributed by atoms with E-state index in [0.29, 0.717) is 11.5 Å². The third-order valence-corrected chi connectivity index (χ3v) is 2.92. The van der Waals surface area contributed by atoms with Crippen LogP contribution in [0.25, 0.3) is 0 Å². The molecule has 1 aromatic heterocycles. The van der Waals surface area contributed by atoms with Gasteiger partial charge in [-0.1, -0.05) is 18.6 Å². The molecule has 1 aromatic carbocycles. The quantitative estimate of drug-likeness (QED) is 0.876. The third kappa shape index (κ3) is 3.14. The van der Waals surface area contributed by atoms with Gasteiger partial charge in [-0.05, 0) is 25.5 Å². The number of carbonyl (C=O) groups excluding carboxylic acids is 1. The summed E-state index contributed by atoms with van der Waals surface area (Å²) in [7, 11) is 1.73. The summed E-state index contributed by atoms with van der Waals surface area (Å²) >= 11 is 0. The first-order chi connectivity index (χ1) is 9.61. The highest BCUT2D eigenvalue weighted by molar-refractivity contribution is 6.07. The summed E-state index contributed by atoms with van der Waals surface area (Å²) in [5.41, 5.74) is 2.48. The molecule has 1 heterocycles. The maximum Gasteiger partial charge on any atom is 0.260 e. The Morgan fingerprint density at radius 3 is 2.85 bits per heavy atom. The van der Waals surface area contributed by atoms with Crippen LogP contribution in [0, 0.1) is 6.92 Å². The molecule has 0 aliphatic rings. The van der Waals surface area contributed by atoms with Gasteiger partial charge in [0.05, 0.1) is 5.56 Å². The van der Waals surface area contributed by atoms with E-state index in [0.717, 1.165) is 24.2 Å². The predicted molar refractivity (Wildman–Crippen MR) is 78.9 cm³/mol. The Kier molecular flexibility index (Phi) is 4.34. The average Bonchev–Trinajstić information content (AvgIpc) is 2.83. The number of nitrogens with one attached hydrogen (secondary N) is 2. The Balaban J connectivity index is 2.23. The van der Waals surface area contributed by atoms with Gasteiger partial charge < -0.3 is 5.32 Å². The lowest BCUT2D eigenvalue weighted by Crippen LogP contribution is -2.17. The van der Waals surface area contributed by atoms with E-state index in [1.165, 1.54) is 11.0 Å². The van der Waals surface area contributed by atoms with Crippen LogP contribution in [0.2, 0.25) is 0 Å². The molecule has 0 aliphatic heterocycles. The van der Waals surface area contributed by atoms with Crippen molar-refractivity contribution in [3.05, 3.63) is 35.7 Å². The van der Waals surface area contributed by atoms with Crippen LogP contribution in [0.1, 0.15) is 29.3 Å². The van der Waals surface area contributed by atoms with Crippen molar-refractivity contribution in [2.75, 3.05) is 17.2 Å². The summed E-state index contributed by atoms with van der Waals surface area (Å²) in [6.07, 6.45) is 2.40. The number of aromatic nitrogens is 3. The molecule has 6 heteroatoms. The number of amides is 1. The minimum atomic E-state index is -0.191. The molecule has 0 radical (unpaired) electrons. The van der Waals surface area contributed by atoms with Crippen LogP contribution < -0.4 is 10.6 Å². The van der Waals surface area contributed by atoms with Gasteiger partial charge in [-0.2, -0.15) is 10.1 Å². The molecule has 1 amide bonds. The molecular formula is C14H19N5O. The monoisotopic (exact) mass is 273 g/mol. The molecular weight excluding hydrogens is 254 g/mol. The van der Waals surface area contributed by atoms with E-state index in [2.05, 4.69) is 27.6 Å². The molecule has 0 atom stereocenters. The van der Waals surface area contributed by atoms with Crippen LogP contribution in [0.3, 0.4) is 0 Å². The van der Waals surface area contributed by atoms with Crippen LogP contribution in [0.15, 0.2) is 24.5 Å². The second kappa shape index (κ2) is 6.18. The lowest BCUT2D eigenvalue weighted by atomic mass is 10.1. The van der Waals surface area contributed by atoms with E-state index >= 15 is 0 Å². The molecule has 0 saturated carbocycles. The lowest BCUT2D eigenvalue weighted by Gasteiger charge is -2.12. The highest BCUT2D eigenvalue weighted by Crippen LogP contribution is 2.18. The van der Waals surface area contributed by atoms with E-state index < -0.39 is 0 Å². The number of nitrogens with zero attached hydrogens (tertiary/aromatic N) is 3. The Hall–Kier alpha value is -2.37. The molecule has 20 heavy (non-hydrogen) atoms. The fourth-order valence-corrected chi connectivity index (χ4v) is 1.84. The maximum absolute atomic E-state index is 12.4. The summed E-state index contributed by atoms with van der Waals surface area (Å²) in [6.45, 7) is 4.87. The van der Waals surface area contributed by atoms with Gasteiger partial charge in [0, 0.05) is 19.3 Å². The minimum absolute atomic E-state index is 0.191. The largest absolute Gasteiger partial charge is 0.384 e. The zero-order valence-electron chi connectivity index (χ0n) is 12.0. The van der Waals surface area contributed by atoms with Crippen LogP contribution in [0.5, 0.6) is 0 Å². The number of rotatable bonds is 5. The standard InChI is InChI=1S/C14H19N5O/c1-4-7-15-12-6-5-10(2)8-11(12)13(20)18-14-16-9-17-19(14)3/h5-6,8-9,15H,4,7H2,1-3H3,(H,16,17,18,20). The van der Waals surface area contributed by atoms with Crippen molar-refractivity contribution in [2.24, 2.45) is 7.05 Å². The van der Waals surface area contributed by atoms with E-state index in [1.54, 1.807) is 7.05 Å². The van der Waals surface area contributed by atoms with Gasteiger partial charge in [-0.3, -0.25) is 10.1 Å². The fourth-order valence-electron chi connectivity index (χ4n) is 1.84. The molecule has 2 rings (SSSR count). The molecule has 0 unspecified atom stereocenters. The Morgan fingerprint density at radius 2 is 2.20 bits per heavy atom. The highest BCUT2D eigenvalue weighted by atomic mass is 16.1. The molecule has 106 valence electrons. The van der Waals surface area contributed by atoms with Gasteiger partial charge in [-0.25, -0.2) is 4.68 Å². The van der Waals surface area contributed by atoms with Gasteiger partial charge in [0.25, 0.3) is 5.91 Å². The van der Waals surface area contributed by atoms with Crippen LogP contribution in [0.4, 0.5) is 11.6 Å². The van der Waals surface area contributed by atoms with Crippen molar-refractivity contribution in [1.82, 2.24) is 14.8 Å². The minimum Gasteiger partial charge on any atom is -0.384 e. The van der Waals surface area contributed by atoms with E-state index in [4.69, 9.17) is 0 Å². The van der Waals surface area contributed by atoms with Crippen LogP contribution >= 0.6 is 0 Å². The summed E-state index contributed by atoms with van der Waals surface area (Å²) in [5, 5.41) is 9.95. The smallest absolute Gasteiger partial charge is 0.260 e. The number of hydrogen-bond donors (Lipinski definition) is 2. The Bertz CT molecular complexity index is 605. The molecule has 0 saturated heterocycles. The van der Waals surface area contributed by atoms with Crippen molar-refractivity contribution in [3.63, 3.8) is 0 Å². The van der Waals surface area contributed by atoms with Gasteiger partial charge >= 0.3 is 0 Å². The number of hydrogen-bond acceptors (Lipinski definition) is 4.